The molecule has 0 atom stereocenters. The molecule has 0 aromatic rings. The third-order valence-corrected chi connectivity index (χ3v) is 2.32. The minimum atomic E-state index is -1.42. The average molecular weight is 243 g/mol. The van der Waals surface area contributed by atoms with Crippen LogP contribution in [0.3, 0.4) is 0 Å². The molecule has 0 radical (unpaired) electrons. The summed E-state index contributed by atoms with van der Waals surface area (Å²) in [5.74, 6) is -2.29. The lowest BCUT2D eigenvalue weighted by molar-refractivity contribution is -0.150. The number of carbonyl (C=O) groups is 3. The largest absolute Gasteiger partial charge is 0.476 e. The fourth-order valence-corrected chi connectivity index (χ4v) is 1.52. The van der Waals surface area contributed by atoms with Crippen molar-refractivity contribution in [3.63, 3.8) is 0 Å². The molecule has 1 fully saturated rings. The molecule has 0 aromatic carbocycles. The zero-order chi connectivity index (χ0) is 13.2. The Hall–Kier alpha value is -1.59. The van der Waals surface area contributed by atoms with Crippen LogP contribution in [0, 0.1) is 5.92 Å². The van der Waals surface area contributed by atoms with Gasteiger partial charge >= 0.3 is 12.1 Å². The molecular formula is C11H17NO5. The zero-order valence-electron chi connectivity index (χ0n) is 10.2. The summed E-state index contributed by atoms with van der Waals surface area (Å²) in [6, 6.07) is 0. The third-order valence-electron chi connectivity index (χ3n) is 2.32. The Morgan fingerprint density at radius 3 is 2.24 bits per heavy atom. The number of hydrogen-bond acceptors (Lipinski definition) is 4. The van der Waals surface area contributed by atoms with E-state index < -0.39 is 23.4 Å². The van der Waals surface area contributed by atoms with Gasteiger partial charge in [-0.25, -0.2) is 9.59 Å². The molecule has 1 saturated heterocycles. The average Bonchev–Trinajstić information content (AvgIpc) is 2.06. The fraction of sp³-hybridized carbons (Fsp3) is 0.727. The molecule has 0 spiro atoms. The number of ketones is 1. The van der Waals surface area contributed by atoms with Gasteiger partial charge in [0.15, 0.2) is 0 Å². The standard InChI is InChI=1S/C11H17NO5/c1-11(2,3)17-10(16)12-5-7(6-12)4-8(13)9(14)15/h7H,4-6H2,1-3H3,(H,14,15). The number of Topliss-reactive ketones (excluding diaryl/α,β-unsaturated/α-hetero) is 1. The van der Waals surface area contributed by atoms with Gasteiger partial charge in [0.25, 0.3) is 0 Å². The van der Waals surface area contributed by atoms with E-state index >= 15 is 0 Å². The minimum absolute atomic E-state index is 0.0192. The first-order chi connectivity index (χ1) is 7.69. The van der Waals surface area contributed by atoms with Gasteiger partial charge in [0.05, 0.1) is 0 Å². The lowest BCUT2D eigenvalue weighted by atomic mass is 9.94. The number of hydrogen-bond donors (Lipinski definition) is 1. The minimum Gasteiger partial charge on any atom is -0.476 e. The van der Waals surface area contributed by atoms with Gasteiger partial charge in [0.1, 0.15) is 5.60 Å². The van der Waals surface area contributed by atoms with E-state index in [2.05, 4.69) is 0 Å². The van der Waals surface area contributed by atoms with Crippen LogP contribution in [-0.4, -0.2) is 46.5 Å². The van der Waals surface area contributed by atoms with Gasteiger partial charge in [0.2, 0.25) is 5.78 Å². The van der Waals surface area contributed by atoms with Gasteiger partial charge in [-0.1, -0.05) is 0 Å². The molecule has 0 aromatic heterocycles. The number of carbonyl (C=O) groups excluding carboxylic acids is 2. The van der Waals surface area contributed by atoms with Crippen molar-refractivity contribution in [2.45, 2.75) is 32.8 Å². The molecule has 0 bridgehead atoms. The second kappa shape index (κ2) is 4.73. The molecule has 0 saturated carbocycles. The summed E-state index contributed by atoms with van der Waals surface area (Å²) in [6.45, 7) is 6.09. The predicted molar refractivity (Wildman–Crippen MR) is 58.6 cm³/mol. The van der Waals surface area contributed by atoms with Crippen molar-refractivity contribution in [2.75, 3.05) is 13.1 Å². The molecule has 96 valence electrons. The second-order valence-corrected chi connectivity index (χ2v) is 5.18. The second-order valence-electron chi connectivity index (χ2n) is 5.18. The summed E-state index contributed by atoms with van der Waals surface area (Å²) in [5, 5.41) is 8.42. The Balaban J connectivity index is 2.30. The number of ether oxygens (including phenoxy) is 1. The molecule has 17 heavy (non-hydrogen) atoms. The van der Waals surface area contributed by atoms with E-state index in [0.717, 1.165) is 0 Å². The Labute approximate surface area is 99.5 Å². The monoisotopic (exact) mass is 243 g/mol. The summed E-state index contributed by atoms with van der Waals surface area (Å²) < 4.78 is 5.13. The smallest absolute Gasteiger partial charge is 0.410 e. The summed E-state index contributed by atoms with van der Waals surface area (Å²) in [7, 11) is 0. The van der Waals surface area contributed by atoms with Crippen molar-refractivity contribution in [3.8, 4) is 0 Å². The van der Waals surface area contributed by atoms with Crippen molar-refractivity contribution in [1.29, 1.82) is 0 Å². The number of rotatable bonds is 3. The van der Waals surface area contributed by atoms with Crippen molar-refractivity contribution >= 4 is 17.8 Å². The van der Waals surface area contributed by atoms with Crippen molar-refractivity contribution in [2.24, 2.45) is 5.92 Å². The molecular weight excluding hydrogens is 226 g/mol. The molecule has 1 amide bonds. The summed E-state index contributed by atoms with van der Waals surface area (Å²) in [5.41, 5.74) is -0.543. The van der Waals surface area contributed by atoms with Gasteiger partial charge in [0, 0.05) is 25.4 Å². The van der Waals surface area contributed by atoms with Crippen LogP contribution in [0.5, 0.6) is 0 Å². The molecule has 6 nitrogen and oxygen atoms in total. The van der Waals surface area contributed by atoms with Crippen molar-refractivity contribution in [3.05, 3.63) is 0 Å². The number of nitrogens with zero attached hydrogens (tertiary/aromatic N) is 1. The van der Waals surface area contributed by atoms with E-state index in [1.54, 1.807) is 20.8 Å². The number of amides is 1. The number of likely N-dealkylation sites (tertiary alicyclic amines) is 1. The highest BCUT2D eigenvalue weighted by atomic mass is 16.6. The maximum atomic E-state index is 11.5. The Morgan fingerprint density at radius 1 is 1.29 bits per heavy atom. The van der Waals surface area contributed by atoms with E-state index in [1.165, 1.54) is 4.90 Å². The van der Waals surface area contributed by atoms with Gasteiger partial charge in [-0.3, -0.25) is 4.79 Å². The van der Waals surface area contributed by atoms with Gasteiger partial charge in [-0.2, -0.15) is 0 Å². The van der Waals surface area contributed by atoms with E-state index in [1.807, 2.05) is 0 Å². The first kappa shape index (κ1) is 13.5. The maximum Gasteiger partial charge on any atom is 0.410 e. The molecule has 0 aliphatic carbocycles. The summed E-state index contributed by atoms with van der Waals surface area (Å²) in [4.78, 5) is 34.2. The molecule has 1 aliphatic heterocycles. The van der Waals surface area contributed by atoms with Gasteiger partial charge < -0.3 is 14.7 Å². The van der Waals surface area contributed by atoms with Crippen LogP contribution >= 0.6 is 0 Å². The van der Waals surface area contributed by atoms with E-state index in [0.29, 0.717) is 13.1 Å². The Bertz CT molecular complexity index is 338. The molecule has 1 heterocycles. The zero-order valence-corrected chi connectivity index (χ0v) is 10.2. The topological polar surface area (TPSA) is 83.9 Å². The van der Waals surface area contributed by atoms with Gasteiger partial charge in [-0.05, 0) is 20.8 Å². The first-order valence-corrected chi connectivity index (χ1v) is 5.43. The molecule has 0 unspecified atom stereocenters. The van der Waals surface area contributed by atoms with Crippen LogP contribution < -0.4 is 0 Å². The highest BCUT2D eigenvalue weighted by Gasteiger charge is 2.35. The van der Waals surface area contributed by atoms with Crippen molar-refractivity contribution in [1.82, 2.24) is 4.90 Å². The Morgan fingerprint density at radius 2 is 1.82 bits per heavy atom. The number of aliphatic carboxylic acids is 1. The quantitative estimate of drug-likeness (QED) is 0.744. The van der Waals surface area contributed by atoms with Crippen molar-refractivity contribution < 1.29 is 24.2 Å². The van der Waals surface area contributed by atoms with Crippen LogP contribution in [0.4, 0.5) is 4.79 Å². The van der Waals surface area contributed by atoms with Gasteiger partial charge in [-0.15, -0.1) is 0 Å². The number of carboxylic acid groups (broad SMARTS) is 1. The molecule has 1 aliphatic rings. The van der Waals surface area contributed by atoms with Crippen LogP contribution in [0.15, 0.2) is 0 Å². The van der Waals surface area contributed by atoms with Crippen LogP contribution in [0.2, 0.25) is 0 Å². The fourth-order valence-electron chi connectivity index (χ4n) is 1.52. The maximum absolute atomic E-state index is 11.5. The van der Waals surface area contributed by atoms with E-state index in [-0.39, 0.29) is 12.3 Å². The third kappa shape index (κ3) is 4.05. The lowest BCUT2D eigenvalue weighted by Gasteiger charge is -2.39. The van der Waals surface area contributed by atoms with Crippen LogP contribution in [0.25, 0.3) is 0 Å². The van der Waals surface area contributed by atoms with Crippen LogP contribution in [-0.2, 0) is 14.3 Å². The summed E-state index contributed by atoms with van der Waals surface area (Å²) in [6.07, 6.45) is -0.439. The number of carboxylic acids is 1. The van der Waals surface area contributed by atoms with Crippen LogP contribution in [0.1, 0.15) is 27.2 Å². The Kier molecular flexibility index (Phi) is 3.75. The molecule has 6 heteroatoms. The highest BCUT2D eigenvalue weighted by Crippen LogP contribution is 2.22. The first-order valence-electron chi connectivity index (χ1n) is 5.43. The highest BCUT2D eigenvalue weighted by molar-refractivity contribution is 6.32. The van der Waals surface area contributed by atoms with E-state index in [9.17, 15) is 14.4 Å². The SMILES string of the molecule is CC(C)(C)OC(=O)N1CC(CC(=O)C(=O)O)C1. The lowest BCUT2D eigenvalue weighted by Crippen LogP contribution is -2.52. The predicted octanol–water partition coefficient (Wildman–Crippen LogP) is 0.897. The molecule has 1 N–H and O–H groups in total. The normalized spacial score (nSPS) is 16.3. The summed E-state index contributed by atoms with van der Waals surface area (Å²) >= 11 is 0. The van der Waals surface area contributed by atoms with E-state index in [4.69, 9.17) is 9.84 Å². The molecule has 1 rings (SSSR count).